The normalized spacial score (nSPS) is 14.4. The maximum absolute atomic E-state index is 13.5. The first-order chi connectivity index (χ1) is 15.3. The molecule has 1 fully saturated rings. The minimum absolute atomic E-state index is 0.0971. The number of hydrogen-bond donors (Lipinski definition) is 0. The molecule has 1 aliphatic rings. The van der Waals surface area contributed by atoms with Gasteiger partial charge in [-0.05, 0) is 38.2 Å². The first kappa shape index (κ1) is 21.5. The molecule has 0 N–H and O–H groups in total. The number of aryl methyl sites for hydroxylation is 1. The molecule has 2 aromatic carbocycles. The van der Waals surface area contributed by atoms with Gasteiger partial charge in [-0.1, -0.05) is 12.1 Å². The highest BCUT2D eigenvalue weighted by Gasteiger charge is 2.27. The van der Waals surface area contributed by atoms with Gasteiger partial charge in [-0.2, -0.15) is 0 Å². The first-order valence-corrected chi connectivity index (χ1v) is 10.2. The number of rotatable bonds is 4. The topological polar surface area (TPSA) is 92.5 Å². The SMILES string of the molecule is Cc1nc(-c2ccc(F)cc2)nc(-c2cccc([N+](=O)[O-])c2)c1C(=O)N1CCN(C)CC1. The van der Waals surface area contributed by atoms with Crippen LogP contribution in [-0.2, 0) is 0 Å². The van der Waals surface area contributed by atoms with Crippen molar-refractivity contribution in [3.8, 4) is 22.6 Å². The van der Waals surface area contributed by atoms with Gasteiger partial charge in [0.15, 0.2) is 5.82 Å². The van der Waals surface area contributed by atoms with E-state index in [1.54, 1.807) is 36.1 Å². The second-order valence-electron chi connectivity index (χ2n) is 7.77. The molecule has 1 saturated heterocycles. The Bertz CT molecular complexity index is 1170. The van der Waals surface area contributed by atoms with E-state index in [1.165, 1.54) is 24.3 Å². The van der Waals surface area contributed by atoms with E-state index in [-0.39, 0.29) is 17.4 Å². The maximum Gasteiger partial charge on any atom is 0.270 e. The summed E-state index contributed by atoms with van der Waals surface area (Å²) in [5, 5.41) is 11.3. The lowest BCUT2D eigenvalue weighted by atomic mass is 10.0. The third kappa shape index (κ3) is 4.33. The fraction of sp³-hybridized carbons (Fsp3) is 0.261. The van der Waals surface area contributed by atoms with Crippen LogP contribution in [0.2, 0.25) is 0 Å². The molecule has 0 atom stereocenters. The molecule has 1 amide bonds. The molecule has 0 bridgehead atoms. The first-order valence-electron chi connectivity index (χ1n) is 10.2. The van der Waals surface area contributed by atoms with Crippen molar-refractivity contribution in [1.29, 1.82) is 0 Å². The number of hydrogen-bond acceptors (Lipinski definition) is 6. The lowest BCUT2D eigenvalue weighted by Gasteiger charge is -2.33. The molecule has 32 heavy (non-hydrogen) atoms. The van der Waals surface area contributed by atoms with E-state index in [0.717, 1.165) is 13.1 Å². The maximum atomic E-state index is 13.5. The molecule has 164 valence electrons. The van der Waals surface area contributed by atoms with Gasteiger partial charge in [-0.15, -0.1) is 0 Å². The van der Waals surface area contributed by atoms with E-state index < -0.39 is 4.92 Å². The van der Waals surface area contributed by atoms with E-state index in [9.17, 15) is 19.3 Å². The summed E-state index contributed by atoms with van der Waals surface area (Å²) in [7, 11) is 2.00. The summed E-state index contributed by atoms with van der Waals surface area (Å²) in [5.41, 5.74) is 2.04. The van der Waals surface area contributed by atoms with Gasteiger partial charge in [0.25, 0.3) is 11.6 Å². The zero-order chi connectivity index (χ0) is 22.8. The Morgan fingerprint density at radius 3 is 2.38 bits per heavy atom. The fourth-order valence-corrected chi connectivity index (χ4v) is 3.70. The molecule has 1 aromatic heterocycles. The molecule has 9 heteroatoms. The summed E-state index contributed by atoms with van der Waals surface area (Å²) in [5.74, 6) is -0.270. The van der Waals surface area contributed by atoms with Crippen LogP contribution < -0.4 is 0 Å². The molecule has 0 aliphatic carbocycles. The average Bonchev–Trinajstić information content (AvgIpc) is 2.79. The molecular weight excluding hydrogens is 413 g/mol. The molecule has 0 unspecified atom stereocenters. The number of likely N-dealkylation sites (N-methyl/N-ethyl adjacent to an activating group) is 1. The second kappa shape index (κ2) is 8.80. The second-order valence-corrected chi connectivity index (χ2v) is 7.77. The molecule has 0 spiro atoms. The van der Waals surface area contributed by atoms with E-state index in [1.807, 2.05) is 7.05 Å². The molecular formula is C23H22FN5O3. The predicted molar refractivity (Wildman–Crippen MR) is 118 cm³/mol. The smallest absolute Gasteiger partial charge is 0.270 e. The van der Waals surface area contributed by atoms with Gasteiger partial charge in [-0.3, -0.25) is 14.9 Å². The van der Waals surface area contributed by atoms with Crippen molar-refractivity contribution >= 4 is 11.6 Å². The van der Waals surface area contributed by atoms with Crippen LogP contribution in [0.5, 0.6) is 0 Å². The summed E-state index contributed by atoms with van der Waals surface area (Å²) in [6.45, 7) is 4.38. The van der Waals surface area contributed by atoms with Crippen molar-refractivity contribution in [2.24, 2.45) is 0 Å². The van der Waals surface area contributed by atoms with Crippen LogP contribution in [0, 0.1) is 22.9 Å². The van der Waals surface area contributed by atoms with Gasteiger partial charge >= 0.3 is 0 Å². The van der Waals surface area contributed by atoms with Gasteiger partial charge < -0.3 is 9.80 Å². The molecule has 4 rings (SSSR count). The summed E-state index contributed by atoms with van der Waals surface area (Å²) in [6, 6.07) is 11.8. The average molecular weight is 435 g/mol. The minimum Gasteiger partial charge on any atom is -0.336 e. The number of nitro benzene ring substituents is 1. The van der Waals surface area contributed by atoms with Crippen molar-refractivity contribution in [1.82, 2.24) is 19.8 Å². The summed E-state index contributed by atoms with van der Waals surface area (Å²) < 4.78 is 13.4. The molecule has 0 radical (unpaired) electrons. The van der Waals surface area contributed by atoms with E-state index in [4.69, 9.17) is 0 Å². The van der Waals surface area contributed by atoms with Crippen molar-refractivity contribution in [3.63, 3.8) is 0 Å². The Balaban J connectivity index is 1.86. The lowest BCUT2D eigenvalue weighted by molar-refractivity contribution is -0.384. The number of carbonyl (C=O) groups excluding carboxylic acids is 1. The number of carbonyl (C=O) groups is 1. The Hall–Kier alpha value is -3.72. The standard InChI is InChI=1S/C23H22FN5O3/c1-15-20(23(30)28-12-10-27(2)11-13-28)21(17-4-3-5-19(14-17)29(31)32)26-22(25-15)16-6-8-18(24)9-7-16/h3-9,14H,10-13H2,1-2H3. The minimum atomic E-state index is -0.486. The zero-order valence-electron chi connectivity index (χ0n) is 17.8. The highest BCUT2D eigenvalue weighted by atomic mass is 19.1. The van der Waals surface area contributed by atoms with E-state index in [0.29, 0.717) is 47.0 Å². The number of nitro groups is 1. The van der Waals surface area contributed by atoms with Crippen molar-refractivity contribution < 1.29 is 14.1 Å². The van der Waals surface area contributed by atoms with Gasteiger partial charge in [0.2, 0.25) is 0 Å². The van der Waals surface area contributed by atoms with Gasteiger partial charge in [0.1, 0.15) is 5.82 Å². The zero-order valence-corrected chi connectivity index (χ0v) is 17.8. The highest BCUT2D eigenvalue weighted by Crippen LogP contribution is 2.30. The summed E-state index contributed by atoms with van der Waals surface area (Å²) in [4.78, 5) is 37.4. The summed E-state index contributed by atoms with van der Waals surface area (Å²) >= 11 is 0. The van der Waals surface area contributed by atoms with Crippen LogP contribution in [0.3, 0.4) is 0 Å². The van der Waals surface area contributed by atoms with E-state index >= 15 is 0 Å². The summed E-state index contributed by atoms with van der Waals surface area (Å²) in [6.07, 6.45) is 0. The Labute approximate surface area is 184 Å². The van der Waals surface area contributed by atoms with Crippen molar-refractivity contribution in [2.45, 2.75) is 6.92 Å². The number of nitrogens with zero attached hydrogens (tertiary/aromatic N) is 5. The quantitative estimate of drug-likeness (QED) is 0.460. The monoisotopic (exact) mass is 435 g/mol. The van der Waals surface area contributed by atoms with Crippen molar-refractivity contribution in [3.05, 3.63) is 75.7 Å². The van der Waals surface area contributed by atoms with Gasteiger partial charge in [0, 0.05) is 49.4 Å². The molecule has 2 heterocycles. The van der Waals surface area contributed by atoms with Gasteiger partial charge in [-0.25, -0.2) is 14.4 Å². The largest absolute Gasteiger partial charge is 0.336 e. The molecule has 1 aliphatic heterocycles. The molecule has 0 saturated carbocycles. The van der Waals surface area contributed by atoms with Crippen LogP contribution in [0.1, 0.15) is 16.1 Å². The predicted octanol–water partition coefficient (Wildman–Crippen LogP) is 3.55. The fourth-order valence-electron chi connectivity index (χ4n) is 3.70. The number of non-ortho nitro benzene ring substituents is 1. The van der Waals surface area contributed by atoms with Crippen LogP contribution in [-0.4, -0.2) is 63.8 Å². The number of benzene rings is 2. The van der Waals surface area contributed by atoms with Crippen LogP contribution in [0.25, 0.3) is 22.6 Å². The molecule has 3 aromatic rings. The highest BCUT2D eigenvalue weighted by molar-refractivity contribution is 6.01. The van der Waals surface area contributed by atoms with Crippen LogP contribution in [0.4, 0.5) is 10.1 Å². The Morgan fingerprint density at radius 2 is 1.72 bits per heavy atom. The lowest BCUT2D eigenvalue weighted by Crippen LogP contribution is -2.47. The molecule has 8 nitrogen and oxygen atoms in total. The van der Waals surface area contributed by atoms with Crippen molar-refractivity contribution in [2.75, 3.05) is 33.2 Å². The number of aromatic nitrogens is 2. The third-order valence-electron chi connectivity index (χ3n) is 5.53. The number of amides is 1. The number of piperazine rings is 1. The Kier molecular flexibility index (Phi) is 5.91. The van der Waals surface area contributed by atoms with Crippen LogP contribution >= 0.6 is 0 Å². The third-order valence-corrected chi connectivity index (χ3v) is 5.53. The van der Waals surface area contributed by atoms with Crippen LogP contribution in [0.15, 0.2) is 48.5 Å². The van der Waals surface area contributed by atoms with Gasteiger partial charge in [0.05, 0.1) is 21.9 Å². The van der Waals surface area contributed by atoms with E-state index in [2.05, 4.69) is 14.9 Å². The number of halogens is 1. The Morgan fingerprint density at radius 1 is 1.03 bits per heavy atom.